The number of carbonyl (C=O) groups excluding carboxylic acids is 1. The maximum Gasteiger partial charge on any atom is 0.244 e. The number of rotatable bonds is 5. The van der Waals surface area contributed by atoms with Gasteiger partial charge in [-0.1, -0.05) is 12.1 Å². The highest BCUT2D eigenvalue weighted by molar-refractivity contribution is 7.90. The number of nitrogens with two attached hydrogens (primary N) is 1. The highest BCUT2D eigenvalue weighted by Gasteiger charge is 2.30. The average Bonchev–Trinajstić information content (AvgIpc) is 3.03. The molecule has 1 atom stereocenters. The number of hydrogen-bond acceptors (Lipinski definition) is 5. The van der Waals surface area contributed by atoms with E-state index in [0.29, 0.717) is 6.07 Å². The third kappa shape index (κ3) is 3.38. The van der Waals surface area contributed by atoms with Crippen LogP contribution in [0.15, 0.2) is 30.3 Å². The Morgan fingerprint density at radius 2 is 1.80 bits per heavy atom. The summed E-state index contributed by atoms with van der Waals surface area (Å²) in [6, 6.07) is 5.84. The predicted molar refractivity (Wildman–Crippen MR) is 106 cm³/mol. The molecular weight excluding hydrogens is 421 g/mol. The first-order valence-electron chi connectivity index (χ1n) is 8.88. The minimum Gasteiger partial charge on any atom is -0.368 e. The van der Waals surface area contributed by atoms with Crippen LogP contribution in [0.3, 0.4) is 0 Å². The summed E-state index contributed by atoms with van der Waals surface area (Å²) in [5, 5.41) is 1.53. The molecule has 2 aromatic carbocycles. The van der Waals surface area contributed by atoms with Gasteiger partial charge in [0, 0.05) is 12.6 Å². The topological polar surface area (TPSA) is 107 Å². The molecule has 0 saturated carbocycles. The monoisotopic (exact) mass is 440 g/mol. The standard InChI is InChI=1S/C19H19F3N4O3S/c1-9(2)30(28,29)26-14-8-10(4-7-13(14)25-19(26)23)15(18(27)24-3)11-5-6-12(20)17(22)16(11)21/h4-9,15H,1-3H3,(H2,23,25)(H,24,27). The van der Waals surface area contributed by atoms with E-state index in [0.717, 1.165) is 10.0 Å². The molecule has 0 aliphatic heterocycles. The molecular formula is C19H19F3N4O3S. The highest BCUT2D eigenvalue weighted by Crippen LogP contribution is 2.32. The van der Waals surface area contributed by atoms with E-state index < -0.39 is 50.1 Å². The molecule has 0 aliphatic carbocycles. The number of benzene rings is 2. The molecule has 160 valence electrons. The molecule has 1 amide bonds. The molecule has 1 aromatic heterocycles. The van der Waals surface area contributed by atoms with Crippen molar-refractivity contribution in [2.24, 2.45) is 0 Å². The number of carbonyl (C=O) groups is 1. The molecule has 0 bridgehead atoms. The van der Waals surface area contributed by atoms with Crippen molar-refractivity contribution in [1.29, 1.82) is 0 Å². The summed E-state index contributed by atoms with van der Waals surface area (Å²) < 4.78 is 67.9. The van der Waals surface area contributed by atoms with Crippen molar-refractivity contribution in [1.82, 2.24) is 14.3 Å². The molecule has 3 aromatic rings. The van der Waals surface area contributed by atoms with Crippen molar-refractivity contribution < 1.29 is 26.4 Å². The smallest absolute Gasteiger partial charge is 0.244 e. The van der Waals surface area contributed by atoms with Crippen LogP contribution >= 0.6 is 0 Å². The maximum absolute atomic E-state index is 14.5. The highest BCUT2D eigenvalue weighted by atomic mass is 32.2. The lowest BCUT2D eigenvalue weighted by molar-refractivity contribution is -0.121. The molecule has 30 heavy (non-hydrogen) atoms. The first-order valence-corrected chi connectivity index (χ1v) is 10.4. The van der Waals surface area contributed by atoms with E-state index in [1.807, 2.05) is 0 Å². The number of anilines is 1. The number of hydrogen-bond donors (Lipinski definition) is 2. The fraction of sp³-hybridized carbons (Fsp3) is 0.263. The van der Waals surface area contributed by atoms with Gasteiger partial charge in [0.25, 0.3) is 0 Å². The number of amides is 1. The molecule has 3 rings (SSSR count). The van der Waals surface area contributed by atoms with E-state index in [2.05, 4.69) is 10.3 Å². The number of nitrogens with zero attached hydrogens (tertiary/aromatic N) is 2. The Morgan fingerprint density at radius 3 is 2.40 bits per heavy atom. The normalized spacial score (nSPS) is 13.0. The fourth-order valence-corrected chi connectivity index (χ4v) is 4.27. The number of fused-ring (bicyclic) bond motifs is 1. The van der Waals surface area contributed by atoms with Gasteiger partial charge >= 0.3 is 0 Å². The first-order chi connectivity index (χ1) is 14.0. The van der Waals surface area contributed by atoms with E-state index in [1.165, 1.54) is 39.1 Å². The molecule has 11 heteroatoms. The fourth-order valence-electron chi connectivity index (χ4n) is 3.13. The summed E-state index contributed by atoms with van der Waals surface area (Å²) in [4.78, 5) is 16.6. The van der Waals surface area contributed by atoms with Gasteiger partial charge in [0.1, 0.15) is 0 Å². The summed E-state index contributed by atoms with van der Waals surface area (Å²) in [5.74, 6) is -6.96. The SMILES string of the molecule is CNC(=O)C(c1ccc2nc(N)n(S(=O)(=O)C(C)C)c2c1)c1ccc(F)c(F)c1F. The summed E-state index contributed by atoms with van der Waals surface area (Å²) in [5.41, 5.74) is 5.86. The number of likely N-dealkylation sites (N-methyl/N-ethyl adjacent to an activating group) is 1. The van der Waals surface area contributed by atoms with Gasteiger partial charge in [-0.3, -0.25) is 4.79 Å². The van der Waals surface area contributed by atoms with Crippen LogP contribution in [-0.4, -0.2) is 35.6 Å². The Balaban J connectivity index is 2.30. The Hall–Kier alpha value is -3.08. The maximum atomic E-state index is 14.5. The second-order valence-electron chi connectivity index (χ2n) is 6.89. The summed E-state index contributed by atoms with van der Waals surface area (Å²) >= 11 is 0. The number of halogens is 3. The van der Waals surface area contributed by atoms with Gasteiger partial charge in [0.15, 0.2) is 17.5 Å². The Bertz CT molecular complexity index is 1260. The lowest BCUT2D eigenvalue weighted by atomic mass is 9.89. The molecule has 1 unspecified atom stereocenters. The largest absolute Gasteiger partial charge is 0.368 e. The van der Waals surface area contributed by atoms with Crippen LogP contribution in [0.2, 0.25) is 0 Å². The van der Waals surface area contributed by atoms with Gasteiger partial charge in [-0.05, 0) is 37.6 Å². The minimum absolute atomic E-state index is 0.0793. The number of nitrogen functional groups attached to an aromatic ring is 1. The quantitative estimate of drug-likeness (QED) is 0.593. The molecule has 0 radical (unpaired) electrons. The predicted octanol–water partition coefficient (Wildman–Crippen LogP) is 2.50. The second-order valence-corrected chi connectivity index (χ2v) is 9.23. The number of nitrogens with one attached hydrogen (secondary N) is 1. The Labute approximate surface area is 170 Å². The van der Waals surface area contributed by atoms with Crippen LogP contribution in [-0.2, 0) is 14.8 Å². The lowest BCUT2D eigenvalue weighted by Gasteiger charge is -2.18. The summed E-state index contributed by atoms with van der Waals surface area (Å²) in [7, 11) is -2.60. The Kier molecular flexibility index (Phi) is 5.50. The van der Waals surface area contributed by atoms with Crippen LogP contribution in [0, 0.1) is 17.5 Å². The minimum atomic E-state index is -3.90. The van der Waals surface area contributed by atoms with E-state index in [4.69, 9.17) is 5.73 Å². The van der Waals surface area contributed by atoms with E-state index in [1.54, 1.807) is 0 Å². The van der Waals surface area contributed by atoms with Crippen molar-refractivity contribution in [2.75, 3.05) is 12.8 Å². The zero-order chi connectivity index (χ0) is 22.4. The van der Waals surface area contributed by atoms with Crippen LogP contribution in [0.4, 0.5) is 19.1 Å². The van der Waals surface area contributed by atoms with Crippen molar-refractivity contribution >= 4 is 32.9 Å². The van der Waals surface area contributed by atoms with Crippen molar-refractivity contribution in [3.63, 3.8) is 0 Å². The molecule has 7 nitrogen and oxygen atoms in total. The number of aromatic nitrogens is 2. The van der Waals surface area contributed by atoms with Crippen LogP contribution in [0.1, 0.15) is 30.9 Å². The third-order valence-electron chi connectivity index (χ3n) is 4.73. The van der Waals surface area contributed by atoms with Crippen LogP contribution in [0.5, 0.6) is 0 Å². The van der Waals surface area contributed by atoms with Gasteiger partial charge in [-0.25, -0.2) is 30.5 Å². The van der Waals surface area contributed by atoms with Gasteiger partial charge in [0.2, 0.25) is 21.9 Å². The van der Waals surface area contributed by atoms with E-state index in [-0.39, 0.29) is 22.5 Å². The van der Waals surface area contributed by atoms with Crippen LogP contribution in [0.25, 0.3) is 11.0 Å². The summed E-state index contributed by atoms with van der Waals surface area (Å²) in [6.07, 6.45) is 0. The average molecular weight is 440 g/mol. The van der Waals surface area contributed by atoms with Crippen LogP contribution < -0.4 is 11.1 Å². The van der Waals surface area contributed by atoms with E-state index in [9.17, 15) is 26.4 Å². The van der Waals surface area contributed by atoms with Gasteiger partial charge in [-0.2, -0.15) is 0 Å². The van der Waals surface area contributed by atoms with E-state index >= 15 is 0 Å². The van der Waals surface area contributed by atoms with Crippen molar-refractivity contribution in [3.8, 4) is 0 Å². The molecule has 1 heterocycles. The Morgan fingerprint density at radius 1 is 1.13 bits per heavy atom. The second kappa shape index (κ2) is 7.63. The molecule has 0 saturated heterocycles. The molecule has 0 spiro atoms. The molecule has 3 N–H and O–H groups in total. The summed E-state index contributed by atoms with van der Waals surface area (Å²) in [6.45, 7) is 2.93. The number of imidazole rings is 1. The van der Waals surface area contributed by atoms with Crippen molar-refractivity contribution in [3.05, 3.63) is 58.9 Å². The van der Waals surface area contributed by atoms with Gasteiger partial charge in [0.05, 0.1) is 22.2 Å². The van der Waals surface area contributed by atoms with Gasteiger partial charge in [-0.15, -0.1) is 0 Å². The lowest BCUT2D eigenvalue weighted by Crippen LogP contribution is -2.28. The zero-order valence-corrected chi connectivity index (χ0v) is 17.1. The molecule has 0 aliphatic rings. The van der Waals surface area contributed by atoms with Crippen molar-refractivity contribution in [2.45, 2.75) is 25.0 Å². The van der Waals surface area contributed by atoms with Gasteiger partial charge < -0.3 is 11.1 Å². The third-order valence-corrected chi connectivity index (χ3v) is 6.81. The first kappa shape index (κ1) is 21.6. The molecule has 0 fully saturated rings. The zero-order valence-electron chi connectivity index (χ0n) is 16.3.